The van der Waals surface area contributed by atoms with Gasteiger partial charge in [-0.05, 0) is 67.6 Å². The van der Waals surface area contributed by atoms with Crippen LogP contribution in [0.1, 0.15) is 33.3 Å². The minimum absolute atomic E-state index is 0.306. The summed E-state index contributed by atoms with van der Waals surface area (Å²) in [6, 6.07) is 1.95. The molecule has 0 saturated carbocycles. The molecule has 0 bridgehead atoms. The van der Waals surface area contributed by atoms with Crippen LogP contribution >= 0.6 is 15.9 Å². The third-order valence-corrected chi connectivity index (χ3v) is 4.49. The minimum Gasteiger partial charge on any atom is -0.399 e. The summed E-state index contributed by atoms with van der Waals surface area (Å²) in [5.41, 5.74) is 1.48. The van der Waals surface area contributed by atoms with E-state index >= 15 is 0 Å². The molecule has 0 radical (unpaired) electrons. The van der Waals surface area contributed by atoms with Gasteiger partial charge in [-0.1, -0.05) is 0 Å². The van der Waals surface area contributed by atoms with Gasteiger partial charge in [0.15, 0.2) is 0 Å². The molecule has 1 saturated heterocycles. The first kappa shape index (κ1) is 13.1. The topological polar surface area (TPSA) is 31.4 Å². The second kappa shape index (κ2) is 4.07. The molecule has 0 aromatic carbocycles. The van der Waals surface area contributed by atoms with Crippen LogP contribution in [-0.2, 0) is 9.31 Å². The van der Waals surface area contributed by atoms with Gasteiger partial charge in [0.25, 0.3) is 0 Å². The third-order valence-electron chi connectivity index (χ3n) is 3.69. The summed E-state index contributed by atoms with van der Waals surface area (Å²) in [5.74, 6) is 0. The van der Waals surface area contributed by atoms with Crippen molar-refractivity contribution in [2.45, 2.75) is 45.8 Å². The van der Waals surface area contributed by atoms with Crippen LogP contribution in [-0.4, -0.2) is 23.3 Å². The van der Waals surface area contributed by atoms with Gasteiger partial charge in [-0.2, -0.15) is 0 Å². The van der Waals surface area contributed by atoms with Crippen molar-refractivity contribution in [3.8, 4) is 0 Å². The molecule has 0 unspecified atom stereocenters. The summed E-state index contributed by atoms with van der Waals surface area (Å²) in [6.45, 7) is 10.2. The van der Waals surface area contributed by atoms with Gasteiger partial charge in [-0.3, -0.25) is 0 Å². The lowest BCUT2D eigenvalue weighted by molar-refractivity contribution is 0.00578. The van der Waals surface area contributed by atoms with E-state index in [1.54, 1.807) is 6.20 Å². The van der Waals surface area contributed by atoms with Gasteiger partial charge in [0, 0.05) is 6.20 Å². The normalized spacial score (nSPS) is 21.9. The Balaban J connectivity index is 2.36. The molecule has 0 N–H and O–H groups in total. The number of rotatable bonds is 1. The molecule has 1 aliphatic rings. The van der Waals surface area contributed by atoms with Crippen molar-refractivity contribution in [2.75, 3.05) is 0 Å². The van der Waals surface area contributed by atoms with Gasteiger partial charge >= 0.3 is 7.12 Å². The Morgan fingerprint density at radius 1 is 1.18 bits per heavy atom. The van der Waals surface area contributed by atoms with Crippen molar-refractivity contribution in [3.05, 3.63) is 22.4 Å². The van der Waals surface area contributed by atoms with Crippen LogP contribution in [0.25, 0.3) is 0 Å². The SMILES string of the molecule is Cc1c(B2OC(C)(C)C(C)(C)O2)ccnc1Br. The van der Waals surface area contributed by atoms with Gasteiger partial charge in [-0.15, -0.1) is 0 Å². The van der Waals surface area contributed by atoms with E-state index in [4.69, 9.17) is 9.31 Å². The Labute approximate surface area is 111 Å². The molecule has 0 amide bonds. The molecule has 5 heteroatoms. The van der Waals surface area contributed by atoms with E-state index < -0.39 is 0 Å². The average Bonchev–Trinajstić information content (AvgIpc) is 2.40. The van der Waals surface area contributed by atoms with Gasteiger partial charge < -0.3 is 9.31 Å². The quantitative estimate of drug-likeness (QED) is 0.589. The zero-order valence-electron chi connectivity index (χ0n) is 10.9. The predicted octanol–water partition coefficient (Wildman–Crippen LogP) is 2.45. The van der Waals surface area contributed by atoms with Gasteiger partial charge in [0.1, 0.15) is 4.60 Å². The molecule has 1 fully saturated rings. The molecule has 2 heterocycles. The van der Waals surface area contributed by atoms with Crippen LogP contribution in [0.15, 0.2) is 16.9 Å². The van der Waals surface area contributed by atoms with Gasteiger partial charge in [-0.25, -0.2) is 4.98 Å². The maximum atomic E-state index is 6.02. The average molecular weight is 298 g/mol. The van der Waals surface area contributed by atoms with E-state index in [9.17, 15) is 0 Å². The largest absolute Gasteiger partial charge is 0.495 e. The fraction of sp³-hybridized carbons (Fsp3) is 0.583. The third kappa shape index (κ3) is 2.16. The second-order valence-electron chi connectivity index (χ2n) is 5.40. The number of pyridine rings is 1. The lowest BCUT2D eigenvalue weighted by Gasteiger charge is -2.32. The highest BCUT2D eigenvalue weighted by Gasteiger charge is 2.52. The Bertz CT molecular complexity index is 432. The molecule has 0 aliphatic carbocycles. The molecular weight excluding hydrogens is 281 g/mol. The van der Waals surface area contributed by atoms with Crippen LogP contribution in [0.3, 0.4) is 0 Å². The maximum Gasteiger partial charge on any atom is 0.495 e. The lowest BCUT2D eigenvalue weighted by Crippen LogP contribution is -2.41. The summed E-state index contributed by atoms with van der Waals surface area (Å²) < 4.78 is 12.9. The van der Waals surface area contributed by atoms with Crippen molar-refractivity contribution in [2.24, 2.45) is 0 Å². The van der Waals surface area contributed by atoms with Crippen molar-refractivity contribution < 1.29 is 9.31 Å². The van der Waals surface area contributed by atoms with E-state index in [2.05, 4.69) is 48.6 Å². The summed E-state index contributed by atoms with van der Waals surface area (Å²) in [7, 11) is -0.320. The highest BCUT2D eigenvalue weighted by atomic mass is 79.9. The monoisotopic (exact) mass is 297 g/mol. The van der Waals surface area contributed by atoms with Crippen molar-refractivity contribution in [3.63, 3.8) is 0 Å². The number of hydrogen-bond donors (Lipinski definition) is 0. The standard InChI is InChI=1S/C12H17BBrNO2/c1-8-9(6-7-15-10(8)14)13-16-11(2,3)12(4,5)17-13/h6-7H,1-5H3. The first-order valence-electron chi connectivity index (χ1n) is 5.71. The number of nitrogens with zero attached hydrogens (tertiary/aromatic N) is 1. The summed E-state index contributed by atoms with van der Waals surface area (Å²) >= 11 is 3.43. The van der Waals surface area contributed by atoms with Crippen LogP contribution in [0.5, 0.6) is 0 Å². The molecule has 1 aromatic rings. The Morgan fingerprint density at radius 3 is 2.24 bits per heavy atom. The molecule has 92 valence electrons. The summed E-state index contributed by atoms with van der Waals surface area (Å²) in [5, 5.41) is 0. The van der Waals surface area contributed by atoms with Crippen LogP contribution in [0.4, 0.5) is 0 Å². The lowest BCUT2D eigenvalue weighted by atomic mass is 9.77. The van der Waals surface area contributed by atoms with E-state index in [1.807, 2.05) is 13.0 Å². The Hall–Kier alpha value is -0.385. The predicted molar refractivity (Wildman–Crippen MR) is 72.4 cm³/mol. The minimum atomic E-state index is -0.320. The van der Waals surface area contributed by atoms with E-state index in [0.717, 1.165) is 15.6 Å². The molecule has 3 nitrogen and oxygen atoms in total. The molecule has 0 spiro atoms. The molecule has 0 atom stereocenters. The van der Waals surface area contributed by atoms with Crippen LogP contribution in [0, 0.1) is 6.92 Å². The summed E-state index contributed by atoms with van der Waals surface area (Å²) in [6.07, 6.45) is 1.76. The Kier molecular flexibility index (Phi) is 3.13. The summed E-state index contributed by atoms with van der Waals surface area (Å²) in [4.78, 5) is 4.19. The molecule has 2 rings (SSSR count). The fourth-order valence-corrected chi connectivity index (χ4v) is 2.10. The van der Waals surface area contributed by atoms with E-state index in [0.29, 0.717) is 0 Å². The van der Waals surface area contributed by atoms with E-state index in [-0.39, 0.29) is 18.3 Å². The highest BCUT2D eigenvalue weighted by Crippen LogP contribution is 2.36. The van der Waals surface area contributed by atoms with Crippen molar-refractivity contribution in [1.29, 1.82) is 0 Å². The number of halogens is 1. The smallest absolute Gasteiger partial charge is 0.399 e. The first-order chi connectivity index (χ1) is 7.74. The van der Waals surface area contributed by atoms with Gasteiger partial charge in [0.05, 0.1) is 11.2 Å². The fourth-order valence-electron chi connectivity index (χ4n) is 1.75. The first-order valence-corrected chi connectivity index (χ1v) is 6.50. The molecule has 1 aromatic heterocycles. The molecular formula is C12H17BBrNO2. The highest BCUT2D eigenvalue weighted by molar-refractivity contribution is 9.10. The zero-order valence-corrected chi connectivity index (χ0v) is 12.5. The van der Waals surface area contributed by atoms with E-state index in [1.165, 1.54) is 0 Å². The Morgan fingerprint density at radius 2 is 1.71 bits per heavy atom. The maximum absolute atomic E-state index is 6.02. The number of hydrogen-bond acceptors (Lipinski definition) is 3. The number of aromatic nitrogens is 1. The van der Waals surface area contributed by atoms with Crippen molar-refractivity contribution >= 4 is 28.5 Å². The van der Waals surface area contributed by atoms with Gasteiger partial charge in [0.2, 0.25) is 0 Å². The zero-order chi connectivity index (χ0) is 12.8. The van der Waals surface area contributed by atoms with Crippen LogP contribution < -0.4 is 5.46 Å². The van der Waals surface area contributed by atoms with Crippen molar-refractivity contribution in [1.82, 2.24) is 4.98 Å². The van der Waals surface area contributed by atoms with Crippen LogP contribution in [0.2, 0.25) is 0 Å². The molecule has 1 aliphatic heterocycles. The molecule has 17 heavy (non-hydrogen) atoms. The second-order valence-corrected chi connectivity index (χ2v) is 6.16.